The molecule has 0 heterocycles. The van der Waals surface area contributed by atoms with E-state index in [0.717, 1.165) is 5.56 Å². The number of rotatable bonds is 13. The highest BCUT2D eigenvalue weighted by molar-refractivity contribution is 5.87. The molecule has 0 aliphatic carbocycles. The van der Waals surface area contributed by atoms with E-state index in [0.29, 0.717) is 43.2 Å². The summed E-state index contributed by atoms with van der Waals surface area (Å²) in [5.41, 5.74) is 1.29. The fourth-order valence-electron chi connectivity index (χ4n) is 3.49. The first-order valence-electron chi connectivity index (χ1n) is 12.0. The lowest BCUT2D eigenvalue weighted by Crippen LogP contribution is -2.48. The molecule has 0 aliphatic heterocycles. The highest BCUT2D eigenvalue weighted by Gasteiger charge is 2.26. The molecule has 0 bridgehead atoms. The normalized spacial score (nSPS) is 11.7. The molecule has 6 nitrogen and oxygen atoms in total. The quantitative estimate of drug-likeness (QED) is 0.457. The summed E-state index contributed by atoms with van der Waals surface area (Å²) in [6, 6.07) is 11.2. The maximum atomic E-state index is 14.3. The van der Waals surface area contributed by atoms with Gasteiger partial charge in [-0.15, -0.1) is 0 Å². The van der Waals surface area contributed by atoms with Gasteiger partial charge < -0.3 is 19.7 Å². The predicted octanol–water partition coefficient (Wildman–Crippen LogP) is 4.75. The monoisotopic (exact) mass is 472 g/mol. The number of halogens is 1. The van der Waals surface area contributed by atoms with Gasteiger partial charge in [0.2, 0.25) is 11.8 Å². The molecule has 2 amide bonds. The summed E-state index contributed by atoms with van der Waals surface area (Å²) in [5.74, 6) is 0.712. The zero-order valence-electron chi connectivity index (χ0n) is 20.9. The summed E-state index contributed by atoms with van der Waals surface area (Å²) in [6.07, 6.45) is 0.634. The van der Waals surface area contributed by atoms with E-state index in [1.807, 2.05) is 45.9 Å². The van der Waals surface area contributed by atoms with Crippen LogP contribution in [-0.2, 0) is 22.6 Å². The van der Waals surface area contributed by atoms with Crippen LogP contribution < -0.4 is 14.8 Å². The average Bonchev–Trinajstić information content (AvgIpc) is 2.81. The molecule has 0 fully saturated rings. The number of carbonyl (C=O) groups is 2. The average molecular weight is 473 g/mol. The van der Waals surface area contributed by atoms with Crippen LogP contribution in [-0.4, -0.2) is 42.5 Å². The highest BCUT2D eigenvalue weighted by atomic mass is 19.1. The first kappa shape index (κ1) is 27.2. The van der Waals surface area contributed by atoms with Crippen molar-refractivity contribution in [2.24, 2.45) is 5.92 Å². The third-order valence-electron chi connectivity index (χ3n) is 5.39. The van der Waals surface area contributed by atoms with Gasteiger partial charge in [0.15, 0.2) is 11.5 Å². The minimum Gasteiger partial charge on any atom is -0.490 e. The zero-order chi connectivity index (χ0) is 25.1. The summed E-state index contributed by atoms with van der Waals surface area (Å²) in [6.45, 7) is 11.1. The van der Waals surface area contributed by atoms with Gasteiger partial charge in [0, 0.05) is 25.1 Å². The SMILES string of the molecule is CCOc1ccc(CCC(=O)N(Cc2ccccc2F)[C@H](C)C(=O)NCC(C)C)cc1OCC. The lowest BCUT2D eigenvalue weighted by atomic mass is 10.1. The summed E-state index contributed by atoms with van der Waals surface area (Å²) in [5, 5.41) is 2.87. The molecule has 34 heavy (non-hydrogen) atoms. The van der Waals surface area contributed by atoms with Gasteiger partial charge in [-0.2, -0.15) is 0 Å². The van der Waals surface area contributed by atoms with Crippen LogP contribution in [0.2, 0.25) is 0 Å². The first-order valence-corrected chi connectivity index (χ1v) is 12.0. The molecule has 2 aromatic rings. The minimum absolute atomic E-state index is 0.0231. The highest BCUT2D eigenvalue weighted by Crippen LogP contribution is 2.29. The third kappa shape index (κ3) is 8.04. The van der Waals surface area contributed by atoms with Gasteiger partial charge >= 0.3 is 0 Å². The van der Waals surface area contributed by atoms with Crippen LogP contribution in [0.1, 0.15) is 52.2 Å². The Labute approximate surface area is 202 Å². The van der Waals surface area contributed by atoms with E-state index < -0.39 is 11.9 Å². The Morgan fingerprint density at radius 2 is 1.68 bits per heavy atom. The molecule has 0 saturated heterocycles. The number of hydrogen-bond donors (Lipinski definition) is 1. The van der Waals surface area contributed by atoms with E-state index in [1.165, 1.54) is 11.0 Å². The fraction of sp³-hybridized carbons (Fsp3) is 0.481. The van der Waals surface area contributed by atoms with Crippen molar-refractivity contribution in [3.05, 3.63) is 59.4 Å². The maximum absolute atomic E-state index is 14.3. The summed E-state index contributed by atoms with van der Waals surface area (Å²) >= 11 is 0. The first-order chi connectivity index (χ1) is 16.3. The molecule has 0 radical (unpaired) electrons. The van der Waals surface area contributed by atoms with Crippen LogP contribution in [0.3, 0.4) is 0 Å². The van der Waals surface area contributed by atoms with Crippen molar-refractivity contribution in [1.82, 2.24) is 10.2 Å². The Bertz CT molecular complexity index is 948. The number of benzene rings is 2. The van der Waals surface area contributed by atoms with Crippen LogP contribution in [0.5, 0.6) is 11.5 Å². The maximum Gasteiger partial charge on any atom is 0.242 e. The van der Waals surface area contributed by atoms with Crippen LogP contribution >= 0.6 is 0 Å². The zero-order valence-corrected chi connectivity index (χ0v) is 20.9. The second-order valence-electron chi connectivity index (χ2n) is 8.58. The molecule has 0 unspecified atom stereocenters. The van der Waals surface area contributed by atoms with Crippen LogP contribution in [0.15, 0.2) is 42.5 Å². The molecule has 7 heteroatoms. The molecule has 0 spiro atoms. The second kappa shape index (κ2) is 13.6. The van der Waals surface area contributed by atoms with Crippen molar-refractivity contribution >= 4 is 11.8 Å². The Kier molecular flexibility index (Phi) is 10.8. The lowest BCUT2D eigenvalue weighted by Gasteiger charge is -2.29. The van der Waals surface area contributed by atoms with Crippen LogP contribution in [0, 0.1) is 11.7 Å². The van der Waals surface area contributed by atoms with Crippen molar-refractivity contribution < 1.29 is 23.5 Å². The van der Waals surface area contributed by atoms with Crippen LogP contribution in [0.4, 0.5) is 4.39 Å². The number of ether oxygens (including phenoxy) is 2. The van der Waals surface area contributed by atoms with Gasteiger partial charge in [-0.05, 0) is 56.9 Å². The van der Waals surface area contributed by atoms with Gasteiger partial charge in [-0.25, -0.2) is 4.39 Å². The third-order valence-corrected chi connectivity index (χ3v) is 5.39. The van der Waals surface area contributed by atoms with Crippen molar-refractivity contribution in [2.45, 2.75) is 60.0 Å². The molecule has 0 aliphatic rings. The van der Waals surface area contributed by atoms with Crippen LogP contribution in [0.25, 0.3) is 0 Å². The van der Waals surface area contributed by atoms with Gasteiger partial charge in [0.05, 0.1) is 13.2 Å². The van der Waals surface area contributed by atoms with Crippen molar-refractivity contribution in [2.75, 3.05) is 19.8 Å². The molecule has 0 aromatic heterocycles. The Morgan fingerprint density at radius 3 is 2.32 bits per heavy atom. The number of amides is 2. The summed E-state index contributed by atoms with van der Waals surface area (Å²) in [7, 11) is 0. The molecule has 186 valence electrons. The number of aryl methyl sites for hydroxylation is 1. The molecule has 0 saturated carbocycles. The Hall–Kier alpha value is -3.09. The predicted molar refractivity (Wildman–Crippen MR) is 131 cm³/mol. The largest absolute Gasteiger partial charge is 0.490 e. The van der Waals surface area contributed by atoms with Gasteiger partial charge in [-0.1, -0.05) is 38.1 Å². The number of nitrogens with zero attached hydrogens (tertiary/aromatic N) is 1. The summed E-state index contributed by atoms with van der Waals surface area (Å²) in [4.78, 5) is 27.4. The molecular formula is C27H37FN2O4. The van der Waals surface area contributed by atoms with Gasteiger partial charge in [0.1, 0.15) is 11.9 Å². The molecule has 2 aromatic carbocycles. The lowest BCUT2D eigenvalue weighted by molar-refractivity contribution is -0.140. The van der Waals surface area contributed by atoms with E-state index in [-0.39, 0.29) is 30.7 Å². The van der Waals surface area contributed by atoms with Crippen molar-refractivity contribution in [3.8, 4) is 11.5 Å². The van der Waals surface area contributed by atoms with E-state index in [2.05, 4.69) is 5.32 Å². The second-order valence-corrected chi connectivity index (χ2v) is 8.58. The molecule has 1 N–H and O–H groups in total. The Morgan fingerprint density at radius 1 is 1.00 bits per heavy atom. The fourth-order valence-corrected chi connectivity index (χ4v) is 3.49. The smallest absolute Gasteiger partial charge is 0.242 e. The topological polar surface area (TPSA) is 67.9 Å². The van der Waals surface area contributed by atoms with Crippen molar-refractivity contribution in [1.29, 1.82) is 0 Å². The van der Waals surface area contributed by atoms with E-state index in [1.54, 1.807) is 25.1 Å². The van der Waals surface area contributed by atoms with Gasteiger partial charge in [0.25, 0.3) is 0 Å². The number of carbonyl (C=O) groups excluding carboxylic acids is 2. The summed E-state index contributed by atoms with van der Waals surface area (Å²) < 4.78 is 25.6. The Balaban J connectivity index is 2.18. The minimum atomic E-state index is -0.731. The standard InChI is InChI=1S/C27H37FN2O4/c1-6-33-24-14-12-21(16-25(24)34-7-2)13-15-26(31)30(18-22-10-8-9-11-23(22)28)20(5)27(32)29-17-19(3)4/h8-12,14,16,19-20H,6-7,13,15,17-18H2,1-5H3,(H,29,32)/t20-/m1/s1. The molecular weight excluding hydrogens is 435 g/mol. The molecule has 1 atom stereocenters. The van der Waals surface area contributed by atoms with E-state index >= 15 is 0 Å². The van der Waals surface area contributed by atoms with E-state index in [4.69, 9.17) is 9.47 Å². The van der Waals surface area contributed by atoms with E-state index in [9.17, 15) is 14.0 Å². The van der Waals surface area contributed by atoms with Gasteiger partial charge in [-0.3, -0.25) is 9.59 Å². The van der Waals surface area contributed by atoms with Crippen molar-refractivity contribution in [3.63, 3.8) is 0 Å². The number of hydrogen-bond acceptors (Lipinski definition) is 4. The number of nitrogens with one attached hydrogen (secondary N) is 1. The molecule has 2 rings (SSSR count).